The molecule has 0 aliphatic carbocycles. The summed E-state index contributed by atoms with van der Waals surface area (Å²) in [6.07, 6.45) is 4.08. The molecule has 2 unspecified atom stereocenters. The largest absolute Gasteiger partial charge is 0.468 e. The van der Waals surface area contributed by atoms with Crippen molar-refractivity contribution in [2.24, 2.45) is 5.92 Å². The van der Waals surface area contributed by atoms with Gasteiger partial charge in [0.15, 0.2) is 0 Å². The molecule has 2 saturated heterocycles. The fourth-order valence-electron chi connectivity index (χ4n) is 2.64. The number of likely N-dealkylation sites (tertiary alicyclic amines) is 1. The first kappa shape index (κ1) is 13.5. The van der Waals surface area contributed by atoms with Crippen LogP contribution in [0.15, 0.2) is 0 Å². The summed E-state index contributed by atoms with van der Waals surface area (Å²) in [5, 5.41) is 0. The maximum absolute atomic E-state index is 11.6. The summed E-state index contributed by atoms with van der Waals surface area (Å²) >= 11 is 0. The SMILES string of the molecule is COC(=O)C1CN(CCC2CCCO2)CCC1=O. The van der Waals surface area contributed by atoms with Gasteiger partial charge >= 0.3 is 5.97 Å². The van der Waals surface area contributed by atoms with Crippen LogP contribution in [0.1, 0.15) is 25.7 Å². The Kier molecular flexibility index (Phi) is 4.72. The van der Waals surface area contributed by atoms with E-state index in [0.29, 0.717) is 19.1 Å². The second-order valence-electron chi connectivity index (χ2n) is 5.02. The molecule has 0 aromatic rings. The highest BCUT2D eigenvalue weighted by Gasteiger charge is 2.33. The summed E-state index contributed by atoms with van der Waals surface area (Å²) in [5.74, 6) is -0.981. The molecule has 0 radical (unpaired) electrons. The molecule has 2 rings (SSSR count). The molecule has 18 heavy (non-hydrogen) atoms. The third-order valence-electron chi connectivity index (χ3n) is 3.78. The van der Waals surface area contributed by atoms with Gasteiger partial charge in [-0.2, -0.15) is 0 Å². The second kappa shape index (κ2) is 6.29. The van der Waals surface area contributed by atoms with E-state index in [1.807, 2.05) is 0 Å². The normalized spacial score (nSPS) is 29.5. The topological polar surface area (TPSA) is 55.8 Å². The highest BCUT2D eigenvalue weighted by Crippen LogP contribution is 2.19. The molecule has 5 heteroatoms. The van der Waals surface area contributed by atoms with Crippen LogP contribution in [0, 0.1) is 5.92 Å². The molecule has 2 atom stereocenters. The van der Waals surface area contributed by atoms with Crippen LogP contribution in [0.4, 0.5) is 0 Å². The number of piperidine rings is 1. The van der Waals surface area contributed by atoms with E-state index in [9.17, 15) is 9.59 Å². The van der Waals surface area contributed by atoms with Gasteiger partial charge in [-0.25, -0.2) is 0 Å². The van der Waals surface area contributed by atoms with Gasteiger partial charge in [0.05, 0.1) is 13.2 Å². The van der Waals surface area contributed by atoms with E-state index in [4.69, 9.17) is 4.74 Å². The lowest BCUT2D eigenvalue weighted by atomic mass is 9.96. The number of carbonyl (C=O) groups is 2. The number of ether oxygens (including phenoxy) is 2. The van der Waals surface area contributed by atoms with E-state index in [2.05, 4.69) is 9.64 Å². The Balaban J connectivity index is 1.79. The molecule has 0 aromatic carbocycles. The van der Waals surface area contributed by atoms with Crippen molar-refractivity contribution in [3.8, 4) is 0 Å². The predicted octanol–water partition coefficient (Wildman–Crippen LogP) is 0.619. The molecule has 0 N–H and O–H groups in total. The molecular formula is C13H21NO4. The van der Waals surface area contributed by atoms with Gasteiger partial charge in [0.25, 0.3) is 0 Å². The van der Waals surface area contributed by atoms with Gasteiger partial charge in [-0.05, 0) is 19.3 Å². The van der Waals surface area contributed by atoms with Gasteiger partial charge < -0.3 is 14.4 Å². The van der Waals surface area contributed by atoms with E-state index in [-0.39, 0.29) is 5.78 Å². The van der Waals surface area contributed by atoms with E-state index in [0.717, 1.165) is 39.0 Å². The number of Topliss-reactive ketones (excluding diaryl/α,β-unsaturated/α-hetero) is 1. The number of rotatable bonds is 4. The number of ketones is 1. The first-order valence-corrected chi connectivity index (χ1v) is 6.65. The van der Waals surface area contributed by atoms with Crippen LogP contribution in [0.2, 0.25) is 0 Å². The molecule has 2 aliphatic rings. The van der Waals surface area contributed by atoms with Crippen LogP contribution < -0.4 is 0 Å². The number of hydrogen-bond acceptors (Lipinski definition) is 5. The van der Waals surface area contributed by atoms with Crippen molar-refractivity contribution >= 4 is 11.8 Å². The highest BCUT2D eigenvalue weighted by atomic mass is 16.5. The minimum Gasteiger partial charge on any atom is -0.468 e. The van der Waals surface area contributed by atoms with E-state index >= 15 is 0 Å². The first-order chi connectivity index (χ1) is 8.70. The van der Waals surface area contributed by atoms with Crippen LogP contribution >= 0.6 is 0 Å². The van der Waals surface area contributed by atoms with Gasteiger partial charge in [-0.1, -0.05) is 0 Å². The molecular weight excluding hydrogens is 234 g/mol. The monoisotopic (exact) mass is 255 g/mol. The molecule has 2 aliphatic heterocycles. The zero-order valence-corrected chi connectivity index (χ0v) is 10.9. The zero-order chi connectivity index (χ0) is 13.0. The molecule has 102 valence electrons. The van der Waals surface area contributed by atoms with Gasteiger partial charge in [-0.3, -0.25) is 9.59 Å². The minimum absolute atomic E-state index is 0.00946. The van der Waals surface area contributed by atoms with Gasteiger partial charge in [-0.15, -0.1) is 0 Å². The number of nitrogens with zero attached hydrogens (tertiary/aromatic N) is 1. The Bertz CT molecular complexity index is 304. The Labute approximate surface area is 107 Å². The Morgan fingerprint density at radius 2 is 2.39 bits per heavy atom. The van der Waals surface area contributed by atoms with Crippen molar-refractivity contribution < 1.29 is 19.1 Å². The number of esters is 1. The zero-order valence-electron chi connectivity index (χ0n) is 10.9. The molecule has 0 aromatic heterocycles. The average molecular weight is 255 g/mol. The third kappa shape index (κ3) is 3.29. The van der Waals surface area contributed by atoms with Crippen LogP contribution in [0.5, 0.6) is 0 Å². The Hall–Kier alpha value is -0.940. The maximum Gasteiger partial charge on any atom is 0.317 e. The third-order valence-corrected chi connectivity index (χ3v) is 3.78. The van der Waals surface area contributed by atoms with Gasteiger partial charge in [0.2, 0.25) is 0 Å². The number of carbonyl (C=O) groups excluding carboxylic acids is 2. The van der Waals surface area contributed by atoms with E-state index < -0.39 is 11.9 Å². The molecule has 2 heterocycles. The molecule has 2 fully saturated rings. The molecule has 0 amide bonds. The van der Waals surface area contributed by atoms with Crippen molar-refractivity contribution in [2.45, 2.75) is 31.8 Å². The summed E-state index contributed by atoms with van der Waals surface area (Å²) < 4.78 is 10.3. The first-order valence-electron chi connectivity index (χ1n) is 6.65. The van der Waals surface area contributed by atoms with Gasteiger partial charge in [0.1, 0.15) is 11.7 Å². The summed E-state index contributed by atoms with van der Waals surface area (Å²) in [5.41, 5.74) is 0. The quantitative estimate of drug-likeness (QED) is 0.544. The fraction of sp³-hybridized carbons (Fsp3) is 0.846. The average Bonchev–Trinajstić information content (AvgIpc) is 2.90. The Morgan fingerprint density at radius 3 is 3.06 bits per heavy atom. The van der Waals surface area contributed by atoms with Crippen molar-refractivity contribution in [3.63, 3.8) is 0 Å². The van der Waals surface area contributed by atoms with Crippen molar-refractivity contribution in [1.29, 1.82) is 0 Å². The van der Waals surface area contributed by atoms with Crippen molar-refractivity contribution in [2.75, 3.05) is 33.4 Å². The standard InChI is InChI=1S/C13H21NO4/c1-17-13(16)11-9-14(7-5-12(11)15)6-4-10-3-2-8-18-10/h10-11H,2-9H2,1H3. The smallest absolute Gasteiger partial charge is 0.317 e. The molecule has 5 nitrogen and oxygen atoms in total. The molecule has 0 saturated carbocycles. The van der Waals surface area contributed by atoms with Gasteiger partial charge in [0, 0.05) is 32.7 Å². The van der Waals surface area contributed by atoms with Crippen molar-refractivity contribution in [3.05, 3.63) is 0 Å². The fourth-order valence-corrected chi connectivity index (χ4v) is 2.64. The summed E-state index contributed by atoms with van der Waals surface area (Å²) in [4.78, 5) is 25.3. The van der Waals surface area contributed by atoms with Crippen LogP contribution in [0.25, 0.3) is 0 Å². The Morgan fingerprint density at radius 1 is 1.56 bits per heavy atom. The summed E-state index contributed by atoms with van der Waals surface area (Å²) in [7, 11) is 1.33. The second-order valence-corrected chi connectivity index (χ2v) is 5.02. The van der Waals surface area contributed by atoms with Crippen LogP contribution in [0.3, 0.4) is 0 Å². The van der Waals surface area contributed by atoms with E-state index in [1.54, 1.807) is 0 Å². The summed E-state index contributed by atoms with van der Waals surface area (Å²) in [6.45, 7) is 3.01. The molecule has 0 bridgehead atoms. The lowest BCUT2D eigenvalue weighted by molar-refractivity contribution is -0.151. The van der Waals surface area contributed by atoms with E-state index in [1.165, 1.54) is 7.11 Å². The lowest BCUT2D eigenvalue weighted by Crippen LogP contribution is -2.45. The number of hydrogen-bond donors (Lipinski definition) is 0. The highest BCUT2D eigenvalue weighted by molar-refractivity contribution is 5.99. The molecule has 0 spiro atoms. The van der Waals surface area contributed by atoms with Crippen LogP contribution in [-0.4, -0.2) is 56.1 Å². The predicted molar refractivity (Wildman–Crippen MR) is 65.2 cm³/mol. The minimum atomic E-state index is -0.590. The number of methoxy groups -OCH3 is 1. The summed E-state index contributed by atoms with van der Waals surface area (Å²) in [6, 6.07) is 0. The lowest BCUT2D eigenvalue weighted by Gasteiger charge is -2.30. The van der Waals surface area contributed by atoms with Crippen molar-refractivity contribution in [1.82, 2.24) is 4.90 Å². The van der Waals surface area contributed by atoms with Crippen LogP contribution in [-0.2, 0) is 19.1 Å². The maximum atomic E-state index is 11.6.